The minimum Gasteiger partial charge on any atom is -0.373 e. The van der Waals surface area contributed by atoms with Crippen LogP contribution in [0.4, 0.5) is 0 Å². The number of aliphatic imine (C=N–C) groups is 1. The summed E-state index contributed by atoms with van der Waals surface area (Å²) in [5, 5.41) is 8.11. The van der Waals surface area contributed by atoms with E-state index < -0.39 is 0 Å². The number of aromatic amines is 1. The van der Waals surface area contributed by atoms with E-state index in [1.807, 2.05) is 7.05 Å². The Bertz CT molecular complexity index is 719. The quantitative estimate of drug-likeness (QED) is 0.368. The van der Waals surface area contributed by atoms with Crippen molar-refractivity contribution < 1.29 is 4.74 Å². The summed E-state index contributed by atoms with van der Waals surface area (Å²) in [6.45, 7) is 6.80. The summed E-state index contributed by atoms with van der Waals surface area (Å²) in [4.78, 5) is 7.77. The highest BCUT2D eigenvalue weighted by atomic mass is 127. The molecule has 0 saturated carbocycles. The number of fused-ring (bicyclic) bond motifs is 1. The smallest absolute Gasteiger partial charge is 0.191 e. The van der Waals surface area contributed by atoms with E-state index in [0.29, 0.717) is 0 Å². The van der Waals surface area contributed by atoms with E-state index in [0.717, 1.165) is 44.9 Å². The summed E-state index contributed by atoms with van der Waals surface area (Å²) in [7, 11) is 1.81. The molecule has 1 unspecified atom stereocenters. The van der Waals surface area contributed by atoms with Gasteiger partial charge in [0.05, 0.1) is 5.60 Å². The molecule has 0 radical (unpaired) electrons. The van der Waals surface area contributed by atoms with E-state index in [9.17, 15) is 0 Å². The molecule has 3 rings (SSSR count). The highest BCUT2D eigenvalue weighted by Gasteiger charge is 2.29. The molecule has 1 atom stereocenters. The van der Waals surface area contributed by atoms with Gasteiger partial charge in [0.15, 0.2) is 5.96 Å². The second kappa shape index (κ2) is 8.89. The van der Waals surface area contributed by atoms with E-state index in [-0.39, 0.29) is 29.6 Å². The molecule has 0 bridgehead atoms. The zero-order valence-electron chi connectivity index (χ0n) is 15.3. The van der Waals surface area contributed by atoms with Gasteiger partial charge in [-0.05, 0) is 44.7 Å². The zero-order valence-corrected chi connectivity index (χ0v) is 17.6. The third-order valence-electron chi connectivity index (χ3n) is 4.85. The minimum atomic E-state index is -0.0644. The molecule has 1 aromatic heterocycles. The van der Waals surface area contributed by atoms with E-state index in [2.05, 4.69) is 58.7 Å². The number of guanidine groups is 1. The molecule has 3 N–H and O–H groups in total. The Kier molecular flexibility index (Phi) is 7.13. The van der Waals surface area contributed by atoms with Crippen LogP contribution in [0.2, 0.25) is 0 Å². The van der Waals surface area contributed by atoms with Crippen LogP contribution in [-0.2, 0) is 11.2 Å². The highest BCUT2D eigenvalue weighted by Crippen LogP contribution is 2.24. The van der Waals surface area contributed by atoms with Gasteiger partial charge >= 0.3 is 0 Å². The average Bonchev–Trinajstić information content (AvgIpc) is 3.15. The van der Waals surface area contributed by atoms with Crippen LogP contribution < -0.4 is 10.6 Å². The second-order valence-electron chi connectivity index (χ2n) is 6.78. The van der Waals surface area contributed by atoms with Crippen molar-refractivity contribution in [2.75, 3.05) is 26.7 Å². The molecule has 1 aromatic carbocycles. The third kappa shape index (κ3) is 4.88. The fraction of sp³-hybridized carbons (Fsp3) is 0.526. The Hall–Kier alpha value is -1.28. The number of rotatable bonds is 5. The molecule has 138 valence electrons. The van der Waals surface area contributed by atoms with Crippen LogP contribution in [0.25, 0.3) is 10.9 Å². The number of hydrogen-bond acceptors (Lipinski definition) is 2. The Labute approximate surface area is 167 Å². The van der Waals surface area contributed by atoms with Gasteiger partial charge in [0.1, 0.15) is 0 Å². The fourth-order valence-electron chi connectivity index (χ4n) is 3.43. The molecule has 2 heterocycles. The maximum absolute atomic E-state index is 5.81. The lowest BCUT2D eigenvalue weighted by Crippen LogP contribution is -2.45. The van der Waals surface area contributed by atoms with Crippen molar-refractivity contribution in [3.05, 3.63) is 35.5 Å². The lowest BCUT2D eigenvalue weighted by molar-refractivity contribution is 0.0243. The summed E-state index contributed by atoms with van der Waals surface area (Å²) < 4.78 is 5.81. The Morgan fingerprint density at radius 3 is 2.84 bits per heavy atom. The van der Waals surface area contributed by atoms with E-state index in [1.54, 1.807) is 0 Å². The molecule has 1 aliphatic rings. The zero-order chi connectivity index (χ0) is 17.0. The van der Waals surface area contributed by atoms with Gasteiger partial charge in [0.2, 0.25) is 0 Å². The van der Waals surface area contributed by atoms with Crippen molar-refractivity contribution >= 4 is 40.8 Å². The molecule has 25 heavy (non-hydrogen) atoms. The first-order valence-electron chi connectivity index (χ1n) is 8.76. The number of nitrogens with one attached hydrogen (secondary N) is 3. The van der Waals surface area contributed by atoms with Crippen molar-refractivity contribution in [1.29, 1.82) is 0 Å². The van der Waals surface area contributed by atoms with E-state index >= 15 is 0 Å². The first-order valence-corrected chi connectivity index (χ1v) is 8.76. The van der Waals surface area contributed by atoms with Crippen molar-refractivity contribution in [3.8, 4) is 0 Å². The van der Waals surface area contributed by atoms with Crippen molar-refractivity contribution in [1.82, 2.24) is 15.6 Å². The second-order valence-corrected chi connectivity index (χ2v) is 6.78. The fourth-order valence-corrected chi connectivity index (χ4v) is 3.43. The van der Waals surface area contributed by atoms with Crippen LogP contribution in [-0.4, -0.2) is 43.3 Å². The van der Waals surface area contributed by atoms with E-state index in [1.165, 1.54) is 22.2 Å². The molecule has 6 heteroatoms. The number of hydrogen-bond donors (Lipinski definition) is 3. The molecule has 1 saturated heterocycles. The van der Waals surface area contributed by atoms with Crippen LogP contribution in [0, 0.1) is 6.92 Å². The van der Waals surface area contributed by atoms with Gasteiger partial charge in [-0.2, -0.15) is 0 Å². The Morgan fingerprint density at radius 2 is 2.12 bits per heavy atom. The SMILES string of the molecule is CN=C(NCCc1c(C)[nH]c2ccccc12)NCC1(C)CCCO1.I. The van der Waals surface area contributed by atoms with Crippen LogP contribution >= 0.6 is 24.0 Å². The Balaban J connectivity index is 0.00000225. The van der Waals surface area contributed by atoms with Gasteiger partial charge in [-0.25, -0.2) is 0 Å². The number of benzene rings is 1. The summed E-state index contributed by atoms with van der Waals surface area (Å²) in [5.41, 5.74) is 3.76. The lowest BCUT2D eigenvalue weighted by atomic mass is 10.0. The van der Waals surface area contributed by atoms with Gasteiger partial charge in [0.25, 0.3) is 0 Å². The van der Waals surface area contributed by atoms with Gasteiger partial charge in [-0.15, -0.1) is 24.0 Å². The predicted octanol–water partition coefficient (Wildman–Crippen LogP) is 3.37. The van der Waals surface area contributed by atoms with Crippen molar-refractivity contribution in [2.45, 2.75) is 38.7 Å². The molecule has 0 aliphatic carbocycles. The number of H-pyrrole nitrogens is 1. The Morgan fingerprint density at radius 1 is 1.32 bits per heavy atom. The largest absolute Gasteiger partial charge is 0.373 e. The molecule has 5 nitrogen and oxygen atoms in total. The average molecular weight is 456 g/mol. The number of halogens is 1. The first kappa shape index (κ1) is 20.0. The van der Waals surface area contributed by atoms with Crippen LogP contribution in [0.15, 0.2) is 29.3 Å². The number of ether oxygens (including phenoxy) is 1. The molecule has 1 aliphatic heterocycles. The standard InChI is InChI=1S/C19H28N4O.HI/c1-14-15(16-7-4-5-8-17(16)23-14)9-11-21-18(20-3)22-13-19(2)10-6-12-24-19;/h4-5,7-8,23H,6,9-13H2,1-3H3,(H2,20,21,22);1H. The topological polar surface area (TPSA) is 61.4 Å². The molecule has 0 amide bonds. The summed E-state index contributed by atoms with van der Waals surface area (Å²) in [6.07, 6.45) is 3.21. The van der Waals surface area contributed by atoms with Gasteiger partial charge in [-0.3, -0.25) is 4.99 Å². The van der Waals surface area contributed by atoms with E-state index in [4.69, 9.17) is 4.74 Å². The monoisotopic (exact) mass is 456 g/mol. The lowest BCUT2D eigenvalue weighted by Gasteiger charge is -2.24. The first-order chi connectivity index (χ1) is 11.6. The summed E-state index contributed by atoms with van der Waals surface area (Å²) in [6, 6.07) is 8.47. The number of aryl methyl sites for hydroxylation is 1. The summed E-state index contributed by atoms with van der Waals surface area (Å²) >= 11 is 0. The van der Waals surface area contributed by atoms with Crippen molar-refractivity contribution in [3.63, 3.8) is 0 Å². The molecular formula is C19H29IN4O. The van der Waals surface area contributed by atoms with Crippen molar-refractivity contribution in [2.24, 2.45) is 4.99 Å². The van der Waals surface area contributed by atoms with Crippen LogP contribution in [0.1, 0.15) is 31.0 Å². The van der Waals surface area contributed by atoms with Gasteiger partial charge in [-0.1, -0.05) is 18.2 Å². The molecule has 0 spiro atoms. The number of nitrogens with zero attached hydrogens (tertiary/aromatic N) is 1. The normalized spacial score (nSPS) is 20.5. The molecular weight excluding hydrogens is 427 g/mol. The summed E-state index contributed by atoms with van der Waals surface area (Å²) in [5.74, 6) is 0.837. The maximum Gasteiger partial charge on any atom is 0.191 e. The molecule has 2 aromatic rings. The minimum absolute atomic E-state index is 0. The number of aromatic nitrogens is 1. The molecule has 1 fully saturated rings. The van der Waals surface area contributed by atoms with Crippen LogP contribution in [0.5, 0.6) is 0 Å². The predicted molar refractivity (Wildman–Crippen MR) is 115 cm³/mol. The third-order valence-corrected chi connectivity index (χ3v) is 4.85. The van der Waals surface area contributed by atoms with Crippen LogP contribution in [0.3, 0.4) is 0 Å². The van der Waals surface area contributed by atoms with Gasteiger partial charge in [0, 0.05) is 43.3 Å². The highest BCUT2D eigenvalue weighted by molar-refractivity contribution is 14.0. The maximum atomic E-state index is 5.81. The number of para-hydroxylation sites is 1. The van der Waals surface area contributed by atoms with Gasteiger partial charge < -0.3 is 20.4 Å².